The highest BCUT2D eigenvalue weighted by atomic mass is 32.1. The van der Waals surface area contributed by atoms with E-state index < -0.39 is 0 Å². The van der Waals surface area contributed by atoms with Gasteiger partial charge in [0.15, 0.2) is 0 Å². The SMILES string of the molecule is C=C/C=C\C(=C)S.CC. The second-order valence-corrected chi connectivity index (χ2v) is 1.66. The molecule has 0 aromatic rings. The lowest BCUT2D eigenvalue weighted by atomic mass is 10.5. The summed E-state index contributed by atoms with van der Waals surface area (Å²) in [6.07, 6.45) is 5.24. The molecule has 0 rings (SSSR count). The zero-order valence-corrected chi connectivity index (χ0v) is 6.99. The molecule has 0 spiro atoms. The van der Waals surface area contributed by atoms with Crippen molar-refractivity contribution in [1.29, 1.82) is 0 Å². The van der Waals surface area contributed by atoms with Crippen LogP contribution in [0.25, 0.3) is 0 Å². The molecule has 0 saturated heterocycles. The summed E-state index contributed by atoms with van der Waals surface area (Å²) in [5.41, 5.74) is 0. The van der Waals surface area contributed by atoms with E-state index in [2.05, 4.69) is 25.8 Å². The van der Waals surface area contributed by atoms with E-state index in [9.17, 15) is 0 Å². The summed E-state index contributed by atoms with van der Waals surface area (Å²) >= 11 is 3.90. The van der Waals surface area contributed by atoms with Crippen LogP contribution in [0.3, 0.4) is 0 Å². The molecule has 1 heteroatoms. The lowest BCUT2D eigenvalue weighted by Crippen LogP contribution is -1.50. The Morgan fingerprint density at radius 3 is 2.00 bits per heavy atom. The van der Waals surface area contributed by atoms with Crippen molar-refractivity contribution in [2.24, 2.45) is 0 Å². The molecule has 0 aliphatic rings. The maximum absolute atomic E-state index is 3.90. The van der Waals surface area contributed by atoms with E-state index in [1.807, 2.05) is 13.8 Å². The second-order valence-electron chi connectivity index (χ2n) is 1.09. The standard InChI is InChI=1S/C6H8S.C2H6/c1-3-4-5-6(2)7;1-2/h3-5,7H,1-2H2;1-2H3/b5-4-;. The van der Waals surface area contributed by atoms with Gasteiger partial charge in [0.25, 0.3) is 0 Å². The van der Waals surface area contributed by atoms with Gasteiger partial charge in [0, 0.05) is 0 Å². The summed E-state index contributed by atoms with van der Waals surface area (Å²) in [5.74, 6) is 0. The lowest BCUT2D eigenvalue weighted by molar-refractivity contribution is 1.50. The Morgan fingerprint density at radius 1 is 1.44 bits per heavy atom. The van der Waals surface area contributed by atoms with Gasteiger partial charge in [-0.15, -0.1) is 12.6 Å². The third kappa shape index (κ3) is 18.4. The molecule has 9 heavy (non-hydrogen) atoms. The highest BCUT2D eigenvalue weighted by Gasteiger charge is 1.66. The molecule has 0 nitrogen and oxygen atoms in total. The quantitative estimate of drug-likeness (QED) is 0.444. The van der Waals surface area contributed by atoms with Crippen LogP contribution < -0.4 is 0 Å². The van der Waals surface area contributed by atoms with E-state index in [1.165, 1.54) is 0 Å². The Labute approximate surface area is 63.4 Å². The van der Waals surface area contributed by atoms with Crippen molar-refractivity contribution in [3.63, 3.8) is 0 Å². The normalized spacial score (nSPS) is 7.89. The number of thiol groups is 1. The fourth-order valence-corrected chi connectivity index (χ4v) is 0.265. The first kappa shape index (κ1) is 11.4. The molecule has 0 saturated carbocycles. The van der Waals surface area contributed by atoms with Crippen molar-refractivity contribution < 1.29 is 0 Å². The van der Waals surface area contributed by atoms with Crippen LogP contribution in [-0.2, 0) is 0 Å². The van der Waals surface area contributed by atoms with Gasteiger partial charge in [-0.05, 0) is 11.0 Å². The monoisotopic (exact) mass is 142 g/mol. The van der Waals surface area contributed by atoms with Crippen molar-refractivity contribution in [2.75, 3.05) is 0 Å². The predicted molar refractivity (Wildman–Crippen MR) is 48.8 cm³/mol. The van der Waals surface area contributed by atoms with Gasteiger partial charge < -0.3 is 0 Å². The molecule has 0 bridgehead atoms. The van der Waals surface area contributed by atoms with Gasteiger partial charge in [-0.25, -0.2) is 0 Å². The van der Waals surface area contributed by atoms with E-state index in [0.29, 0.717) is 0 Å². The highest BCUT2D eigenvalue weighted by molar-refractivity contribution is 7.84. The third-order valence-corrected chi connectivity index (χ3v) is 0.574. The minimum absolute atomic E-state index is 0.750. The summed E-state index contributed by atoms with van der Waals surface area (Å²) in [4.78, 5) is 0.750. The molecule has 0 amide bonds. The van der Waals surface area contributed by atoms with Gasteiger partial charge in [-0.2, -0.15) is 0 Å². The molecular weight excluding hydrogens is 128 g/mol. The average Bonchev–Trinajstić information content (AvgIpc) is 1.88. The number of rotatable bonds is 2. The van der Waals surface area contributed by atoms with Gasteiger partial charge in [0.1, 0.15) is 0 Å². The Morgan fingerprint density at radius 2 is 1.89 bits per heavy atom. The summed E-state index contributed by atoms with van der Waals surface area (Å²) in [6, 6.07) is 0. The molecule has 0 aliphatic carbocycles. The van der Waals surface area contributed by atoms with Gasteiger partial charge in [-0.3, -0.25) is 0 Å². The number of hydrogen-bond donors (Lipinski definition) is 1. The minimum atomic E-state index is 0.750. The summed E-state index contributed by atoms with van der Waals surface area (Å²) < 4.78 is 0. The van der Waals surface area contributed by atoms with E-state index in [4.69, 9.17) is 0 Å². The molecule has 0 aromatic heterocycles. The maximum Gasteiger partial charge on any atom is -0.00320 e. The molecule has 0 fully saturated rings. The number of allylic oxidation sites excluding steroid dienone is 3. The second kappa shape index (κ2) is 10.5. The topological polar surface area (TPSA) is 0 Å². The van der Waals surface area contributed by atoms with Crippen molar-refractivity contribution in [2.45, 2.75) is 13.8 Å². The maximum atomic E-state index is 3.90. The van der Waals surface area contributed by atoms with Gasteiger partial charge in [0.05, 0.1) is 0 Å². The van der Waals surface area contributed by atoms with Gasteiger partial charge in [-0.1, -0.05) is 39.2 Å². The highest BCUT2D eigenvalue weighted by Crippen LogP contribution is 1.95. The zero-order valence-electron chi connectivity index (χ0n) is 6.09. The number of hydrogen-bond acceptors (Lipinski definition) is 1. The average molecular weight is 142 g/mol. The molecule has 0 aliphatic heterocycles. The fraction of sp³-hybridized carbons (Fsp3) is 0.250. The van der Waals surface area contributed by atoms with Crippen molar-refractivity contribution >= 4 is 12.6 Å². The first-order valence-electron chi connectivity index (χ1n) is 2.94. The largest absolute Gasteiger partial charge is 0.144 e. The molecular formula is C8H14S. The molecule has 0 unspecified atom stereocenters. The molecule has 0 atom stereocenters. The Kier molecular flexibility index (Phi) is 13.3. The predicted octanol–water partition coefficient (Wildman–Crippen LogP) is 3.20. The summed E-state index contributed by atoms with van der Waals surface area (Å²) in [6.45, 7) is 11.0. The van der Waals surface area contributed by atoms with Crippen molar-refractivity contribution in [3.05, 3.63) is 36.3 Å². The van der Waals surface area contributed by atoms with Crippen LogP contribution in [0.15, 0.2) is 36.3 Å². The van der Waals surface area contributed by atoms with Crippen LogP contribution in [0.2, 0.25) is 0 Å². The summed E-state index contributed by atoms with van der Waals surface area (Å²) in [7, 11) is 0. The van der Waals surface area contributed by atoms with E-state index in [0.717, 1.165) is 4.91 Å². The molecule has 0 radical (unpaired) electrons. The first-order chi connectivity index (χ1) is 4.27. The van der Waals surface area contributed by atoms with Crippen LogP contribution in [0.1, 0.15) is 13.8 Å². The van der Waals surface area contributed by atoms with E-state index >= 15 is 0 Å². The zero-order chi connectivity index (χ0) is 7.70. The van der Waals surface area contributed by atoms with Crippen LogP contribution in [-0.4, -0.2) is 0 Å². The first-order valence-corrected chi connectivity index (χ1v) is 3.39. The van der Waals surface area contributed by atoms with Crippen LogP contribution in [0, 0.1) is 0 Å². The van der Waals surface area contributed by atoms with E-state index in [1.54, 1.807) is 18.2 Å². The fourth-order valence-electron chi connectivity index (χ4n) is 0.179. The van der Waals surface area contributed by atoms with Crippen LogP contribution in [0.4, 0.5) is 0 Å². The van der Waals surface area contributed by atoms with Crippen LogP contribution >= 0.6 is 12.6 Å². The molecule has 0 heterocycles. The molecule has 0 aromatic carbocycles. The molecule has 52 valence electrons. The Bertz CT molecular complexity index is 101. The Hall–Kier alpha value is -0.430. The van der Waals surface area contributed by atoms with Crippen LogP contribution in [0.5, 0.6) is 0 Å². The Balaban J connectivity index is 0. The summed E-state index contributed by atoms with van der Waals surface area (Å²) in [5, 5.41) is 0. The van der Waals surface area contributed by atoms with Gasteiger partial charge >= 0.3 is 0 Å². The minimum Gasteiger partial charge on any atom is -0.144 e. The lowest BCUT2D eigenvalue weighted by Gasteiger charge is -1.76. The van der Waals surface area contributed by atoms with Gasteiger partial charge in [0.2, 0.25) is 0 Å². The molecule has 0 N–H and O–H groups in total. The van der Waals surface area contributed by atoms with Crippen molar-refractivity contribution in [1.82, 2.24) is 0 Å². The third-order valence-electron chi connectivity index (χ3n) is 0.425. The smallest absolute Gasteiger partial charge is 0.00320 e. The van der Waals surface area contributed by atoms with Crippen molar-refractivity contribution in [3.8, 4) is 0 Å². The van der Waals surface area contributed by atoms with E-state index in [-0.39, 0.29) is 0 Å².